The Morgan fingerprint density at radius 3 is 2.42 bits per heavy atom. The Labute approximate surface area is 115 Å². The minimum Gasteiger partial charge on any atom is -0.326 e. The molecule has 0 amide bonds. The molecule has 5 heteroatoms. The predicted molar refractivity (Wildman–Crippen MR) is 76.5 cm³/mol. The van der Waals surface area contributed by atoms with Gasteiger partial charge in [0.1, 0.15) is 0 Å². The van der Waals surface area contributed by atoms with E-state index in [4.69, 9.17) is 5.73 Å². The number of hydrogen-bond acceptors (Lipinski definition) is 3. The molecule has 0 spiro atoms. The van der Waals surface area contributed by atoms with Crippen molar-refractivity contribution >= 4 is 10.0 Å². The first-order chi connectivity index (χ1) is 8.73. The predicted octanol–water partition coefficient (Wildman–Crippen LogP) is 1.71. The van der Waals surface area contributed by atoms with Crippen molar-refractivity contribution in [3.8, 4) is 0 Å². The van der Waals surface area contributed by atoms with E-state index in [0.29, 0.717) is 18.0 Å². The maximum Gasteiger partial charge on any atom is 0.243 e. The lowest BCUT2D eigenvalue weighted by molar-refractivity contribution is 0.467. The molecule has 1 unspecified atom stereocenters. The fraction of sp³-hybridized carbons (Fsp3) is 0.571. The average molecular weight is 282 g/mol. The zero-order valence-corrected chi connectivity index (χ0v) is 12.6. The molecular formula is C14H22N2O2S. The summed E-state index contributed by atoms with van der Waals surface area (Å²) in [6, 6.07) is 7.20. The van der Waals surface area contributed by atoms with Crippen molar-refractivity contribution in [3.63, 3.8) is 0 Å². The molecule has 0 aromatic heterocycles. The second-order valence-corrected chi connectivity index (χ2v) is 8.06. The maximum atomic E-state index is 12.7. The van der Waals surface area contributed by atoms with Crippen molar-refractivity contribution in [1.82, 2.24) is 4.31 Å². The van der Waals surface area contributed by atoms with E-state index < -0.39 is 10.0 Å². The van der Waals surface area contributed by atoms with Crippen LogP contribution in [-0.2, 0) is 15.4 Å². The Hall–Kier alpha value is -0.910. The minimum atomic E-state index is -3.43. The summed E-state index contributed by atoms with van der Waals surface area (Å²) in [5.41, 5.74) is 6.47. The lowest BCUT2D eigenvalue weighted by Crippen LogP contribution is -2.33. The van der Waals surface area contributed by atoms with Crippen LogP contribution in [0.4, 0.5) is 0 Å². The van der Waals surface area contributed by atoms with E-state index in [9.17, 15) is 8.42 Å². The molecular weight excluding hydrogens is 260 g/mol. The first-order valence-corrected chi connectivity index (χ1v) is 8.02. The van der Waals surface area contributed by atoms with Crippen molar-refractivity contribution in [2.24, 2.45) is 5.73 Å². The van der Waals surface area contributed by atoms with Gasteiger partial charge in [-0.2, -0.15) is 4.31 Å². The van der Waals surface area contributed by atoms with Crippen LogP contribution in [0.5, 0.6) is 0 Å². The van der Waals surface area contributed by atoms with E-state index >= 15 is 0 Å². The number of nitrogens with zero attached hydrogens (tertiary/aromatic N) is 1. The van der Waals surface area contributed by atoms with Crippen LogP contribution >= 0.6 is 0 Å². The third-order valence-electron chi connectivity index (χ3n) is 3.50. The fourth-order valence-corrected chi connectivity index (χ4v) is 4.34. The van der Waals surface area contributed by atoms with Crippen LogP contribution < -0.4 is 5.73 Å². The second kappa shape index (κ2) is 4.89. The van der Waals surface area contributed by atoms with Crippen LogP contribution in [0.3, 0.4) is 0 Å². The third-order valence-corrected chi connectivity index (χ3v) is 5.42. The summed E-state index contributed by atoms with van der Waals surface area (Å²) in [7, 11) is -3.43. The highest BCUT2D eigenvalue weighted by Crippen LogP contribution is 2.31. The topological polar surface area (TPSA) is 63.4 Å². The summed E-state index contributed by atoms with van der Waals surface area (Å²) >= 11 is 0. The highest BCUT2D eigenvalue weighted by molar-refractivity contribution is 7.89. The Balaban J connectivity index is 2.47. The molecule has 1 heterocycles. The van der Waals surface area contributed by atoms with Gasteiger partial charge >= 0.3 is 0 Å². The smallest absolute Gasteiger partial charge is 0.243 e. The van der Waals surface area contributed by atoms with E-state index in [1.54, 1.807) is 12.1 Å². The number of sulfonamides is 1. The summed E-state index contributed by atoms with van der Waals surface area (Å²) in [6.45, 7) is 7.01. The molecule has 1 aromatic rings. The molecule has 2 N–H and O–H groups in total. The molecule has 19 heavy (non-hydrogen) atoms. The highest BCUT2D eigenvalue weighted by atomic mass is 32.2. The van der Waals surface area contributed by atoms with Gasteiger partial charge in [-0.1, -0.05) is 39.0 Å². The summed E-state index contributed by atoms with van der Waals surface area (Å²) in [5, 5.41) is 0. The first kappa shape index (κ1) is 14.5. The Bertz CT molecular complexity index is 561. The van der Waals surface area contributed by atoms with E-state index in [1.807, 2.05) is 32.9 Å². The largest absolute Gasteiger partial charge is 0.326 e. The molecule has 4 nitrogen and oxygen atoms in total. The summed E-state index contributed by atoms with van der Waals surface area (Å²) < 4.78 is 26.9. The van der Waals surface area contributed by atoms with Gasteiger partial charge in [0.15, 0.2) is 0 Å². The van der Waals surface area contributed by atoms with E-state index in [2.05, 4.69) is 0 Å². The van der Waals surface area contributed by atoms with Crippen molar-refractivity contribution in [2.45, 2.75) is 43.5 Å². The third kappa shape index (κ3) is 2.83. The van der Waals surface area contributed by atoms with Crippen LogP contribution in [0.2, 0.25) is 0 Å². The number of hydrogen-bond donors (Lipinski definition) is 1. The molecule has 106 valence electrons. The van der Waals surface area contributed by atoms with Crippen LogP contribution in [0.1, 0.15) is 32.8 Å². The Morgan fingerprint density at radius 1 is 1.26 bits per heavy atom. The standard InChI is InChI=1S/C14H22N2O2S/c1-14(2,3)12-6-4-5-7-13(12)19(17,18)16-9-8-11(15)10-16/h4-7,11H,8-10,15H2,1-3H3. The summed E-state index contributed by atoms with van der Waals surface area (Å²) in [4.78, 5) is 0.414. The van der Waals surface area contributed by atoms with Gasteiger partial charge < -0.3 is 5.73 Å². The molecule has 1 aliphatic heterocycles. The van der Waals surface area contributed by atoms with Gasteiger partial charge in [-0.25, -0.2) is 8.42 Å². The van der Waals surface area contributed by atoms with E-state index in [-0.39, 0.29) is 11.5 Å². The minimum absolute atomic E-state index is 0.0448. The second-order valence-electron chi connectivity index (χ2n) is 6.16. The van der Waals surface area contributed by atoms with Gasteiger partial charge in [-0.3, -0.25) is 0 Å². The molecule has 0 radical (unpaired) electrons. The highest BCUT2D eigenvalue weighted by Gasteiger charge is 2.34. The van der Waals surface area contributed by atoms with Crippen LogP contribution in [0.15, 0.2) is 29.2 Å². The van der Waals surface area contributed by atoms with Gasteiger partial charge in [0.2, 0.25) is 10.0 Å². The monoisotopic (exact) mass is 282 g/mol. The fourth-order valence-electron chi connectivity index (χ4n) is 2.42. The van der Waals surface area contributed by atoms with Crippen molar-refractivity contribution in [1.29, 1.82) is 0 Å². The molecule has 0 bridgehead atoms. The lowest BCUT2D eigenvalue weighted by Gasteiger charge is -2.25. The number of nitrogens with two attached hydrogens (primary N) is 1. The molecule has 1 aromatic carbocycles. The first-order valence-electron chi connectivity index (χ1n) is 6.58. The Kier molecular flexibility index (Phi) is 3.73. The molecule has 1 fully saturated rings. The molecule has 2 rings (SSSR count). The zero-order valence-electron chi connectivity index (χ0n) is 11.8. The molecule has 1 atom stereocenters. The lowest BCUT2D eigenvalue weighted by atomic mass is 9.87. The van der Waals surface area contributed by atoms with Gasteiger partial charge in [0, 0.05) is 19.1 Å². The van der Waals surface area contributed by atoms with E-state index in [0.717, 1.165) is 12.0 Å². The SMILES string of the molecule is CC(C)(C)c1ccccc1S(=O)(=O)N1CCC(N)C1. The van der Waals surface area contributed by atoms with Gasteiger partial charge in [-0.15, -0.1) is 0 Å². The molecule has 1 saturated heterocycles. The number of benzene rings is 1. The summed E-state index contributed by atoms with van der Waals surface area (Å²) in [6.07, 6.45) is 0.733. The van der Waals surface area contributed by atoms with Crippen LogP contribution in [-0.4, -0.2) is 31.9 Å². The number of rotatable bonds is 2. The quantitative estimate of drug-likeness (QED) is 0.898. The van der Waals surface area contributed by atoms with Crippen molar-refractivity contribution in [3.05, 3.63) is 29.8 Å². The average Bonchev–Trinajstić information content (AvgIpc) is 2.75. The van der Waals surface area contributed by atoms with Crippen LogP contribution in [0, 0.1) is 0 Å². The van der Waals surface area contributed by atoms with Gasteiger partial charge in [0.05, 0.1) is 4.90 Å². The van der Waals surface area contributed by atoms with Gasteiger partial charge in [0.25, 0.3) is 0 Å². The van der Waals surface area contributed by atoms with Crippen molar-refractivity contribution in [2.75, 3.05) is 13.1 Å². The molecule has 1 aliphatic rings. The zero-order chi connectivity index (χ0) is 14.3. The molecule has 0 saturated carbocycles. The summed E-state index contributed by atoms with van der Waals surface area (Å²) in [5.74, 6) is 0. The molecule has 0 aliphatic carbocycles. The van der Waals surface area contributed by atoms with E-state index in [1.165, 1.54) is 4.31 Å². The normalized spacial score (nSPS) is 21.8. The van der Waals surface area contributed by atoms with Crippen molar-refractivity contribution < 1.29 is 8.42 Å². The van der Waals surface area contributed by atoms with Gasteiger partial charge in [-0.05, 0) is 23.5 Å². The Morgan fingerprint density at radius 2 is 1.89 bits per heavy atom. The van der Waals surface area contributed by atoms with Crippen LogP contribution in [0.25, 0.3) is 0 Å². The maximum absolute atomic E-state index is 12.7.